The molecular formula is C8H16FN. The summed E-state index contributed by atoms with van der Waals surface area (Å²) in [6.07, 6.45) is 0.967. The average molecular weight is 145 g/mol. The van der Waals surface area contributed by atoms with Crippen LogP contribution in [0.3, 0.4) is 0 Å². The minimum atomic E-state index is -0.522. The molecule has 0 saturated heterocycles. The summed E-state index contributed by atoms with van der Waals surface area (Å²) in [6.45, 7) is 4.29. The zero-order valence-corrected chi connectivity index (χ0v) is 6.97. The predicted octanol–water partition coefficient (Wildman–Crippen LogP) is 1.83. The fourth-order valence-electron chi connectivity index (χ4n) is 1.28. The highest BCUT2D eigenvalue weighted by atomic mass is 19.1. The van der Waals surface area contributed by atoms with Gasteiger partial charge in [0, 0.05) is 12.1 Å². The van der Waals surface area contributed by atoms with Crippen molar-refractivity contribution in [3.05, 3.63) is 0 Å². The van der Waals surface area contributed by atoms with Gasteiger partial charge in [0.05, 0.1) is 0 Å². The molecule has 0 amide bonds. The summed E-state index contributed by atoms with van der Waals surface area (Å²) < 4.78 is 12.4. The van der Waals surface area contributed by atoms with E-state index in [1.165, 1.54) is 0 Å². The molecule has 1 saturated carbocycles. The molecule has 0 aliphatic heterocycles. The third-order valence-corrected chi connectivity index (χ3v) is 2.45. The Kier molecular flexibility index (Phi) is 2.29. The van der Waals surface area contributed by atoms with Crippen LogP contribution in [0.4, 0.5) is 4.39 Å². The monoisotopic (exact) mass is 145 g/mol. The van der Waals surface area contributed by atoms with Crippen molar-refractivity contribution in [2.24, 2.45) is 0 Å². The standard InChI is InChI=1S/C8H16FN/c1-6(2)10(3)8-4-7(9)5-8/h6-8H,4-5H2,1-3H3. The van der Waals surface area contributed by atoms with Gasteiger partial charge in [-0.15, -0.1) is 0 Å². The second-order valence-electron chi connectivity index (χ2n) is 3.48. The Morgan fingerprint density at radius 2 is 1.90 bits per heavy atom. The third-order valence-electron chi connectivity index (χ3n) is 2.45. The molecule has 0 atom stereocenters. The SMILES string of the molecule is CC(C)N(C)C1CC(F)C1. The van der Waals surface area contributed by atoms with E-state index in [0.29, 0.717) is 12.1 Å². The number of hydrogen-bond acceptors (Lipinski definition) is 1. The van der Waals surface area contributed by atoms with E-state index in [2.05, 4.69) is 25.8 Å². The van der Waals surface area contributed by atoms with Crippen molar-refractivity contribution in [2.45, 2.75) is 44.9 Å². The quantitative estimate of drug-likeness (QED) is 0.573. The van der Waals surface area contributed by atoms with Crippen LogP contribution in [0.5, 0.6) is 0 Å². The normalized spacial score (nSPS) is 33.0. The van der Waals surface area contributed by atoms with Crippen LogP contribution in [-0.4, -0.2) is 30.2 Å². The van der Waals surface area contributed by atoms with Gasteiger partial charge in [-0.2, -0.15) is 0 Å². The number of nitrogens with zero attached hydrogens (tertiary/aromatic N) is 1. The lowest BCUT2D eigenvalue weighted by Gasteiger charge is -2.39. The summed E-state index contributed by atoms with van der Waals surface area (Å²) >= 11 is 0. The van der Waals surface area contributed by atoms with Crippen molar-refractivity contribution >= 4 is 0 Å². The van der Waals surface area contributed by atoms with Gasteiger partial charge in [0.1, 0.15) is 6.17 Å². The zero-order chi connectivity index (χ0) is 7.72. The first-order chi connectivity index (χ1) is 4.61. The lowest BCUT2D eigenvalue weighted by Crippen LogP contribution is -2.46. The fraction of sp³-hybridized carbons (Fsp3) is 1.00. The first-order valence-corrected chi connectivity index (χ1v) is 3.97. The molecule has 0 unspecified atom stereocenters. The van der Waals surface area contributed by atoms with E-state index in [1.54, 1.807) is 0 Å². The summed E-state index contributed by atoms with van der Waals surface area (Å²) in [6, 6.07) is 1.06. The Hall–Kier alpha value is -0.110. The van der Waals surface area contributed by atoms with Crippen molar-refractivity contribution in [1.29, 1.82) is 0 Å². The van der Waals surface area contributed by atoms with E-state index < -0.39 is 6.17 Å². The minimum absolute atomic E-state index is 0.509. The van der Waals surface area contributed by atoms with Gasteiger partial charge in [0.2, 0.25) is 0 Å². The van der Waals surface area contributed by atoms with E-state index in [1.807, 2.05) is 0 Å². The molecule has 1 nitrogen and oxygen atoms in total. The molecule has 0 aromatic carbocycles. The number of rotatable bonds is 2. The smallest absolute Gasteiger partial charge is 0.103 e. The lowest BCUT2D eigenvalue weighted by molar-refractivity contribution is 0.0534. The Labute approximate surface area is 62.2 Å². The Balaban J connectivity index is 2.24. The maximum absolute atomic E-state index is 12.4. The van der Waals surface area contributed by atoms with Gasteiger partial charge in [-0.1, -0.05) is 0 Å². The highest BCUT2D eigenvalue weighted by Crippen LogP contribution is 2.28. The fourth-order valence-corrected chi connectivity index (χ4v) is 1.28. The molecule has 0 bridgehead atoms. The van der Waals surface area contributed by atoms with Crippen LogP contribution in [-0.2, 0) is 0 Å². The predicted molar refractivity (Wildman–Crippen MR) is 40.8 cm³/mol. The van der Waals surface area contributed by atoms with Crippen LogP contribution in [0.15, 0.2) is 0 Å². The zero-order valence-electron chi connectivity index (χ0n) is 6.97. The topological polar surface area (TPSA) is 3.24 Å². The molecule has 1 aliphatic rings. The first-order valence-electron chi connectivity index (χ1n) is 3.97. The summed E-state index contributed by atoms with van der Waals surface area (Å²) in [5.74, 6) is 0. The summed E-state index contributed by atoms with van der Waals surface area (Å²) in [4.78, 5) is 2.25. The van der Waals surface area contributed by atoms with E-state index >= 15 is 0 Å². The minimum Gasteiger partial charge on any atom is -0.301 e. The molecule has 0 radical (unpaired) electrons. The van der Waals surface area contributed by atoms with Gasteiger partial charge < -0.3 is 4.90 Å². The van der Waals surface area contributed by atoms with E-state index in [-0.39, 0.29) is 0 Å². The first kappa shape index (κ1) is 7.99. The van der Waals surface area contributed by atoms with Crippen LogP contribution < -0.4 is 0 Å². The Morgan fingerprint density at radius 1 is 1.40 bits per heavy atom. The molecular weight excluding hydrogens is 129 g/mol. The maximum Gasteiger partial charge on any atom is 0.103 e. The average Bonchev–Trinajstić information content (AvgIpc) is 1.79. The van der Waals surface area contributed by atoms with E-state index in [4.69, 9.17) is 0 Å². The highest BCUT2D eigenvalue weighted by Gasteiger charge is 2.32. The number of hydrogen-bond donors (Lipinski definition) is 0. The van der Waals surface area contributed by atoms with Crippen LogP contribution >= 0.6 is 0 Å². The number of halogens is 1. The molecule has 1 fully saturated rings. The van der Waals surface area contributed by atoms with Crippen LogP contribution in [0.25, 0.3) is 0 Å². The largest absolute Gasteiger partial charge is 0.301 e. The Morgan fingerprint density at radius 3 is 2.20 bits per heavy atom. The van der Waals surface area contributed by atoms with Crippen LogP contribution in [0, 0.1) is 0 Å². The molecule has 1 rings (SSSR count). The van der Waals surface area contributed by atoms with Crippen molar-refractivity contribution in [3.63, 3.8) is 0 Å². The maximum atomic E-state index is 12.4. The van der Waals surface area contributed by atoms with E-state index in [0.717, 1.165) is 12.8 Å². The van der Waals surface area contributed by atoms with Crippen molar-refractivity contribution in [1.82, 2.24) is 4.90 Å². The molecule has 60 valence electrons. The molecule has 2 heteroatoms. The molecule has 0 spiro atoms. The Bertz CT molecular complexity index is 108. The van der Waals surface area contributed by atoms with Gasteiger partial charge in [0.15, 0.2) is 0 Å². The molecule has 0 aromatic heterocycles. The summed E-state index contributed by atoms with van der Waals surface area (Å²) in [7, 11) is 2.07. The molecule has 0 heterocycles. The molecule has 0 N–H and O–H groups in total. The lowest BCUT2D eigenvalue weighted by atomic mass is 9.89. The molecule has 10 heavy (non-hydrogen) atoms. The van der Waals surface area contributed by atoms with Gasteiger partial charge >= 0.3 is 0 Å². The van der Waals surface area contributed by atoms with Gasteiger partial charge in [0.25, 0.3) is 0 Å². The van der Waals surface area contributed by atoms with E-state index in [9.17, 15) is 4.39 Å². The van der Waals surface area contributed by atoms with Crippen molar-refractivity contribution in [3.8, 4) is 0 Å². The highest BCUT2D eigenvalue weighted by molar-refractivity contribution is 4.86. The number of alkyl halides is 1. The van der Waals surface area contributed by atoms with Crippen LogP contribution in [0.2, 0.25) is 0 Å². The summed E-state index contributed by atoms with van der Waals surface area (Å²) in [5.41, 5.74) is 0. The summed E-state index contributed by atoms with van der Waals surface area (Å²) in [5, 5.41) is 0. The van der Waals surface area contributed by atoms with Gasteiger partial charge in [-0.3, -0.25) is 0 Å². The second kappa shape index (κ2) is 2.87. The molecule has 1 aliphatic carbocycles. The second-order valence-corrected chi connectivity index (χ2v) is 3.48. The third kappa shape index (κ3) is 1.48. The van der Waals surface area contributed by atoms with Crippen molar-refractivity contribution < 1.29 is 4.39 Å². The van der Waals surface area contributed by atoms with Crippen LogP contribution in [0.1, 0.15) is 26.7 Å². The van der Waals surface area contributed by atoms with Gasteiger partial charge in [-0.25, -0.2) is 4.39 Å². The van der Waals surface area contributed by atoms with Crippen molar-refractivity contribution in [2.75, 3.05) is 7.05 Å². The molecule has 0 aromatic rings. The van der Waals surface area contributed by atoms with Gasteiger partial charge in [-0.05, 0) is 33.7 Å².